The topological polar surface area (TPSA) is 112 Å². The minimum atomic E-state index is -0.537. The number of fused-ring (bicyclic) bond motifs is 1. The lowest BCUT2D eigenvalue weighted by molar-refractivity contribution is -0.384. The van der Waals surface area contributed by atoms with Gasteiger partial charge in [0.15, 0.2) is 0 Å². The van der Waals surface area contributed by atoms with Crippen LogP contribution in [0.2, 0.25) is 0 Å². The summed E-state index contributed by atoms with van der Waals surface area (Å²) >= 11 is 3.40. The van der Waals surface area contributed by atoms with Gasteiger partial charge in [-0.1, -0.05) is 29.5 Å². The summed E-state index contributed by atoms with van der Waals surface area (Å²) < 4.78 is 2.08. The van der Waals surface area contributed by atoms with Crippen molar-refractivity contribution in [2.45, 2.75) is 0 Å². The van der Waals surface area contributed by atoms with Crippen LogP contribution in [0.15, 0.2) is 59.3 Å². The molecule has 26 heavy (non-hydrogen) atoms. The average molecular weight is 412 g/mol. The molecule has 0 amide bonds. The Morgan fingerprint density at radius 1 is 1.08 bits per heavy atom. The smallest absolute Gasteiger partial charge is 0.333 e. The molecule has 4 aromatic rings. The Labute approximate surface area is 155 Å². The van der Waals surface area contributed by atoms with Crippen molar-refractivity contribution in [1.82, 2.24) is 25.0 Å². The predicted octanol–water partition coefficient (Wildman–Crippen LogP) is 3.62. The van der Waals surface area contributed by atoms with Crippen LogP contribution in [0.1, 0.15) is 0 Å². The first-order valence-corrected chi connectivity index (χ1v) is 8.26. The fourth-order valence-corrected chi connectivity index (χ4v) is 2.88. The molecule has 0 spiro atoms. The largest absolute Gasteiger partial charge is 0.356 e. The lowest BCUT2D eigenvalue weighted by Crippen LogP contribution is -2.09. The van der Waals surface area contributed by atoms with Gasteiger partial charge in [-0.05, 0) is 40.2 Å². The fourth-order valence-electron chi connectivity index (χ4n) is 2.50. The first-order valence-electron chi connectivity index (χ1n) is 7.47. The van der Waals surface area contributed by atoms with E-state index in [1.807, 2.05) is 24.3 Å². The van der Waals surface area contributed by atoms with Gasteiger partial charge >= 0.3 is 5.69 Å². The van der Waals surface area contributed by atoms with E-state index in [-0.39, 0.29) is 17.3 Å². The third kappa shape index (κ3) is 2.75. The van der Waals surface area contributed by atoms with Gasteiger partial charge in [-0.3, -0.25) is 10.1 Å². The quantitative estimate of drug-likeness (QED) is 0.402. The van der Waals surface area contributed by atoms with Crippen LogP contribution in [0.3, 0.4) is 0 Å². The molecule has 2 heterocycles. The van der Waals surface area contributed by atoms with Crippen LogP contribution in [0.4, 0.5) is 17.2 Å². The van der Waals surface area contributed by atoms with E-state index >= 15 is 0 Å². The van der Waals surface area contributed by atoms with Gasteiger partial charge in [0.25, 0.3) is 0 Å². The molecular weight excluding hydrogens is 402 g/mol. The maximum Gasteiger partial charge on any atom is 0.356 e. The maximum atomic E-state index is 11.8. The Kier molecular flexibility index (Phi) is 4.01. The number of aromatic nitrogens is 5. The number of hydrogen-bond acceptors (Lipinski definition) is 7. The molecule has 0 unspecified atom stereocenters. The highest BCUT2D eigenvalue weighted by Gasteiger charge is 2.26. The Bertz CT molecular complexity index is 1130. The molecule has 2 aromatic heterocycles. The number of halogens is 1. The van der Waals surface area contributed by atoms with E-state index in [1.165, 1.54) is 11.0 Å². The van der Waals surface area contributed by atoms with Gasteiger partial charge in [0, 0.05) is 4.47 Å². The first-order chi connectivity index (χ1) is 12.6. The van der Waals surface area contributed by atoms with E-state index in [0.717, 1.165) is 4.47 Å². The van der Waals surface area contributed by atoms with Crippen molar-refractivity contribution in [3.05, 3.63) is 69.4 Å². The monoisotopic (exact) mass is 411 g/mol. The zero-order chi connectivity index (χ0) is 18.1. The van der Waals surface area contributed by atoms with Crippen molar-refractivity contribution >= 4 is 44.2 Å². The van der Waals surface area contributed by atoms with E-state index in [9.17, 15) is 10.1 Å². The molecule has 9 nitrogen and oxygen atoms in total. The molecule has 1 N–H and O–H groups in total. The molecule has 10 heteroatoms. The van der Waals surface area contributed by atoms with Gasteiger partial charge in [-0.2, -0.15) is 4.68 Å². The lowest BCUT2D eigenvalue weighted by Gasteiger charge is -2.09. The Morgan fingerprint density at radius 2 is 1.85 bits per heavy atom. The number of benzene rings is 2. The highest BCUT2D eigenvalue weighted by atomic mass is 79.9. The van der Waals surface area contributed by atoms with Crippen molar-refractivity contribution in [3.8, 4) is 5.82 Å². The Balaban J connectivity index is 1.89. The van der Waals surface area contributed by atoms with Gasteiger partial charge in [-0.15, -0.1) is 5.10 Å². The third-order valence-electron chi connectivity index (χ3n) is 3.66. The van der Waals surface area contributed by atoms with Crippen molar-refractivity contribution in [2.24, 2.45) is 0 Å². The number of rotatable bonds is 4. The van der Waals surface area contributed by atoms with E-state index in [1.54, 1.807) is 24.3 Å². The average Bonchev–Trinajstić information content (AvgIpc) is 3.07. The summed E-state index contributed by atoms with van der Waals surface area (Å²) in [6, 6.07) is 14.4. The van der Waals surface area contributed by atoms with Gasteiger partial charge < -0.3 is 5.32 Å². The van der Waals surface area contributed by atoms with Crippen molar-refractivity contribution < 1.29 is 4.92 Å². The summed E-state index contributed by atoms with van der Waals surface area (Å²) in [5.74, 6) is 0.0970. The number of hydrogen-bond donors (Lipinski definition) is 1. The SMILES string of the molecule is O=[N+]([O-])c1c(Nc2ccccc2Br)ncnc1-n1nnc2ccccc21. The first kappa shape index (κ1) is 16.1. The summed E-state index contributed by atoms with van der Waals surface area (Å²) in [6.07, 6.45) is 1.25. The second kappa shape index (κ2) is 6.48. The molecule has 0 saturated heterocycles. The fraction of sp³-hybridized carbons (Fsp3) is 0. The number of anilines is 2. The van der Waals surface area contributed by atoms with E-state index in [4.69, 9.17) is 0 Å². The normalized spacial score (nSPS) is 10.8. The van der Waals surface area contributed by atoms with E-state index in [2.05, 4.69) is 41.5 Å². The predicted molar refractivity (Wildman–Crippen MR) is 98.5 cm³/mol. The summed E-state index contributed by atoms with van der Waals surface area (Å²) in [7, 11) is 0. The van der Waals surface area contributed by atoms with Crippen LogP contribution < -0.4 is 5.32 Å². The van der Waals surface area contributed by atoms with E-state index < -0.39 is 4.92 Å². The number of nitrogens with one attached hydrogen (secondary N) is 1. The standard InChI is InChI=1S/C16H10BrN7O2/c17-10-5-1-2-6-11(10)20-15-14(24(25)26)16(19-9-18-15)23-13-8-4-3-7-12(13)21-22-23/h1-9H,(H,18,19,20). The van der Waals surface area contributed by atoms with Crippen molar-refractivity contribution in [2.75, 3.05) is 5.32 Å². The highest BCUT2D eigenvalue weighted by Crippen LogP contribution is 2.33. The molecule has 2 aromatic carbocycles. The molecule has 0 radical (unpaired) electrons. The second-order valence-electron chi connectivity index (χ2n) is 5.25. The molecule has 0 fully saturated rings. The van der Waals surface area contributed by atoms with Crippen molar-refractivity contribution in [1.29, 1.82) is 0 Å². The molecule has 0 aliphatic carbocycles. The van der Waals surface area contributed by atoms with Crippen LogP contribution in [0.25, 0.3) is 16.9 Å². The minimum Gasteiger partial charge on any atom is -0.333 e. The summed E-state index contributed by atoms with van der Waals surface area (Å²) in [4.78, 5) is 19.3. The van der Waals surface area contributed by atoms with Crippen LogP contribution >= 0.6 is 15.9 Å². The molecular formula is C16H10BrN7O2. The van der Waals surface area contributed by atoms with Gasteiger partial charge in [0.1, 0.15) is 11.8 Å². The zero-order valence-corrected chi connectivity index (χ0v) is 14.7. The van der Waals surface area contributed by atoms with Crippen LogP contribution in [0, 0.1) is 10.1 Å². The van der Waals surface area contributed by atoms with Gasteiger partial charge in [0.05, 0.1) is 16.1 Å². The maximum absolute atomic E-state index is 11.8. The lowest BCUT2D eigenvalue weighted by atomic mass is 10.3. The van der Waals surface area contributed by atoms with Crippen LogP contribution in [-0.2, 0) is 0 Å². The van der Waals surface area contributed by atoms with Crippen molar-refractivity contribution in [3.63, 3.8) is 0 Å². The zero-order valence-electron chi connectivity index (χ0n) is 13.1. The Hall–Kier alpha value is -3.40. The number of nitrogens with zero attached hydrogens (tertiary/aromatic N) is 6. The van der Waals surface area contributed by atoms with E-state index in [0.29, 0.717) is 16.7 Å². The van der Waals surface area contributed by atoms with Crippen LogP contribution in [0.5, 0.6) is 0 Å². The van der Waals surface area contributed by atoms with Gasteiger partial charge in [-0.25, -0.2) is 9.97 Å². The highest BCUT2D eigenvalue weighted by molar-refractivity contribution is 9.10. The summed E-state index contributed by atoms with van der Waals surface area (Å²) in [5, 5.41) is 22.8. The molecule has 128 valence electrons. The minimum absolute atomic E-state index is 0.0354. The molecule has 0 atom stereocenters. The molecule has 0 bridgehead atoms. The summed E-state index contributed by atoms with van der Waals surface area (Å²) in [6.45, 7) is 0. The third-order valence-corrected chi connectivity index (χ3v) is 4.36. The number of nitro groups is 1. The van der Waals surface area contributed by atoms with Gasteiger partial charge in [0.2, 0.25) is 11.6 Å². The molecule has 0 aliphatic heterocycles. The number of para-hydroxylation sites is 2. The molecule has 0 saturated carbocycles. The Morgan fingerprint density at radius 3 is 2.65 bits per heavy atom. The second-order valence-corrected chi connectivity index (χ2v) is 6.10. The summed E-state index contributed by atoms with van der Waals surface area (Å²) in [5.41, 5.74) is 1.57. The molecule has 4 rings (SSSR count). The molecule has 0 aliphatic rings. The van der Waals surface area contributed by atoms with Crippen LogP contribution in [-0.4, -0.2) is 29.9 Å².